The van der Waals surface area contributed by atoms with Gasteiger partial charge in [-0.3, -0.25) is 0 Å². The molecule has 0 aliphatic heterocycles. The van der Waals surface area contributed by atoms with Crippen molar-refractivity contribution in [3.63, 3.8) is 0 Å². The van der Waals surface area contributed by atoms with Crippen LogP contribution in [0.1, 0.15) is 31.9 Å². The number of rotatable bonds is 5. The Bertz CT molecular complexity index is 493. The quantitative estimate of drug-likeness (QED) is 0.604. The monoisotopic (exact) mass is 319 g/mol. The summed E-state index contributed by atoms with van der Waals surface area (Å²) in [5.41, 5.74) is 2.69. The number of hydrogen-bond acceptors (Lipinski definition) is 1. The van der Waals surface area contributed by atoms with Crippen LogP contribution in [-0.4, -0.2) is 20.7 Å². The maximum Gasteiger partial charge on any atom is 0.121 e. The molecule has 0 saturated carbocycles. The van der Waals surface area contributed by atoms with Gasteiger partial charge in [0, 0.05) is 6.54 Å². The molecule has 0 heterocycles. The van der Waals surface area contributed by atoms with Crippen molar-refractivity contribution < 1.29 is 0 Å². The van der Waals surface area contributed by atoms with Gasteiger partial charge in [0.15, 0.2) is 0 Å². The molecule has 0 radical (unpaired) electrons. The van der Waals surface area contributed by atoms with Crippen molar-refractivity contribution in [1.29, 1.82) is 0 Å². The lowest BCUT2D eigenvalue weighted by Gasteiger charge is -2.52. The van der Waals surface area contributed by atoms with E-state index in [1.165, 1.54) is 11.1 Å². The van der Waals surface area contributed by atoms with Crippen LogP contribution in [0.25, 0.3) is 6.08 Å². The molecule has 0 N–H and O–H groups in total. The first-order valence-corrected chi connectivity index (χ1v) is 14.3. The van der Waals surface area contributed by atoms with Gasteiger partial charge >= 0.3 is 0 Å². The van der Waals surface area contributed by atoms with Crippen LogP contribution in [0.3, 0.4) is 0 Å². The second-order valence-corrected chi connectivity index (χ2v) is 19.0. The molecule has 0 bridgehead atoms. The summed E-state index contributed by atoms with van der Waals surface area (Å²) in [5.74, 6) is 0. The van der Waals surface area contributed by atoms with Gasteiger partial charge in [-0.25, -0.2) is 0 Å². The Morgan fingerprint density at radius 3 is 2.00 bits per heavy atom. The molecule has 0 aromatic heterocycles. The van der Waals surface area contributed by atoms with Gasteiger partial charge in [-0.2, -0.15) is 0 Å². The van der Waals surface area contributed by atoms with E-state index in [9.17, 15) is 0 Å². The molecule has 0 aliphatic carbocycles. The predicted octanol–water partition coefficient (Wildman–Crippen LogP) is 5.97. The molecule has 0 unspecified atom stereocenters. The number of hydrogen-bond donors (Lipinski definition) is 0. The summed E-state index contributed by atoms with van der Waals surface area (Å²) < 4.78 is 2.89. The van der Waals surface area contributed by atoms with Crippen LogP contribution in [0, 0.1) is 0 Å². The van der Waals surface area contributed by atoms with Gasteiger partial charge in [0.2, 0.25) is 0 Å². The van der Waals surface area contributed by atoms with Gasteiger partial charge in [0.1, 0.15) is 16.5 Å². The Hall–Kier alpha value is -0.646. The SMILES string of the molecule is C=Cc1ccccc1CN([Si](C)(C)C)[Si](C)(C)C(C)(C)C. The zero-order chi connectivity index (χ0) is 16.5. The van der Waals surface area contributed by atoms with Crippen molar-refractivity contribution in [2.24, 2.45) is 0 Å². The van der Waals surface area contributed by atoms with E-state index in [0.717, 1.165) is 6.54 Å². The van der Waals surface area contributed by atoms with Crippen molar-refractivity contribution in [2.75, 3.05) is 0 Å². The van der Waals surface area contributed by atoms with Gasteiger partial charge in [-0.05, 0) is 16.2 Å². The molecule has 118 valence electrons. The van der Waals surface area contributed by atoms with E-state index >= 15 is 0 Å². The summed E-state index contributed by atoms with van der Waals surface area (Å²) in [4.78, 5) is 0. The fraction of sp³-hybridized carbons (Fsp3) is 0.556. The Morgan fingerprint density at radius 2 is 1.57 bits per heavy atom. The average Bonchev–Trinajstić information content (AvgIpc) is 2.33. The van der Waals surface area contributed by atoms with Crippen molar-refractivity contribution in [3.8, 4) is 0 Å². The van der Waals surface area contributed by atoms with Crippen LogP contribution in [-0.2, 0) is 6.54 Å². The number of nitrogens with zero attached hydrogens (tertiary/aromatic N) is 1. The molecular weight excluding hydrogens is 286 g/mol. The highest BCUT2D eigenvalue weighted by Crippen LogP contribution is 2.41. The second kappa shape index (κ2) is 6.23. The molecule has 3 heteroatoms. The van der Waals surface area contributed by atoms with Crippen LogP contribution < -0.4 is 0 Å². The lowest BCUT2D eigenvalue weighted by molar-refractivity contribution is 0.547. The van der Waals surface area contributed by atoms with E-state index in [-0.39, 0.29) is 0 Å². The molecule has 0 fully saturated rings. The first-order valence-electron chi connectivity index (χ1n) is 7.89. The molecule has 1 aromatic rings. The molecule has 0 saturated heterocycles. The van der Waals surface area contributed by atoms with Crippen LogP contribution in [0.5, 0.6) is 0 Å². The highest BCUT2D eigenvalue weighted by molar-refractivity contribution is 6.91. The third-order valence-electron chi connectivity index (χ3n) is 4.92. The lowest BCUT2D eigenvalue weighted by Crippen LogP contribution is -2.63. The molecular formula is C18H33NSi2. The van der Waals surface area contributed by atoms with Gasteiger partial charge in [-0.1, -0.05) is 90.4 Å². The third kappa shape index (κ3) is 4.18. The van der Waals surface area contributed by atoms with Gasteiger partial charge in [0.25, 0.3) is 0 Å². The summed E-state index contributed by atoms with van der Waals surface area (Å²) in [7, 11) is -2.92. The summed E-state index contributed by atoms with van der Waals surface area (Å²) in [6.45, 7) is 24.8. The van der Waals surface area contributed by atoms with Crippen LogP contribution in [0.4, 0.5) is 0 Å². The fourth-order valence-corrected chi connectivity index (χ4v) is 12.5. The summed E-state index contributed by atoms with van der Waals surface area (Å²) in [6.07, 6.45) is 1.99. The van der Waals surface area contributed by atoms with E-state index in [4.69, 9.17) is 0 Å². The van der Waals surface area contributed by atoms with Crippen LogP contribution in [0.15, 0.2) is 30.8 Å². The maximum absolute atomic E-state index is 3.98. The average molecular weight is 320 g/mol. The molecule has 0 spiro atoms. The highest BCUT2D eigenvalue weighted by atomic mass is 28.4. The normalized spacial score (nSPS) is 13.6. The molecule has 1 aromatic carbocycles. The Labute approximate surface area is 134 Å². The summed E-state index contributed by atoms with van der Waals surface area (Å²) in [5, 5.41) is 0.371. The maximum atomic E-state index is 3.98. The van der Waals surface area contributed by atoms with E-state index in [0.29, 0.717) is 5.04 Å². The molecule has 1 nitrogen and oxygen atoms in total. The van der Waals surface area contributed by atoms with Crippen LogP contribution >= 0.6 is 0 Å². The van der Waals surface area contributed by atoms with Gasteiger partial charge in [0.05, 0.1) is 0 Å². The van der Waals surface area contributed by atoms with Crippen molar-refractivity contribution in [1.82, 2.24) is 4.23 Å². The second-order valence-electron chi connectivity index (χ2n) is 8.47. The van der Waals surface area contributed by atoms with Gasteiger partial charge in [-0.15, -0.1) is 0 Å². The predicted molar refractivity (Wildman–Crippen MR) is 103 cm³/mol. The zero-order valence-corrected chi connectivity index (χ0v) is 17.2. The van der Waals surface area contributed by atoms with Crippen molar-refractivity contribution in [2.45, 2.75) is 65.1 Å². The zero-order valence-electron chi connectivity index (χ0n) is 15.2. The minimum Gasteiger partial charge on any atom is -0.341 e. The van der Waals surface area contributed by atoms with E-state index in [1.54, 1.807) is 0 Å². The fourth-order valence-electron chi connectivity index (χ4n) is 2.73. The molecule has 0 aliphatic rings. The van der Waals surface area contributed by atoms with Crippen molar-refractivity contribution >= 4 is 22.5 Å². The standard InChI is InChI=1S/C18H33NSi2/c1-10-16-13-11-12-14-17(16)15-19(20(5,6)7)21(8,9)18(2,3)4/h10-14H,1,15H2,2-9H3. The third-order valence-corrected chi connectivity index (χ3v) is 15.6. The first kappa shape index (κ1) is 18.4. The molecule has 0 atom stereocenters. The minimum atomic E-state index is -1.53. The topological polar surface area (TPSA) is 3.24 Å². The van der Waals surface area contributed by atoms with E-state index in [1.807, 2.05) is 6.08 Å². The lowest BCUT2D eigenvalue weighted by atomic mass is 10.1. The minimum absolute atomic E-state index is 0.371. The van der Waals surface area contributed by atoms with E-state index in [2.05, 4.69) is 88.6 Å². The molecule has 0 amide bonds. The Kier molecular flexibility index (Phi) is 5.46. The first-order chi connectivity index (χ1) is 9.41. The largest absolute Gasteiger partial charge is 0.341 e. The summed E-state index contributed by atoms with van der Waals surface area (Å²) in [6, 6.07) is 8.69. The summed E-state index contributed by atoms with van der Waals surface area (Å²) >= 11 is 0. The molecule has 21 heavy (non-hydrogen) atoms. The Balaban J connectivity index is 3.26. The molecule has 1 rings (SSSR count). The van der Waals surface area contributed by atoms with Crippen LogP contribution in [0.2, 0.25) is 37.8 Å². The van der Waals surface area contributed by atoms with E-state index < -0.39 is 16.5 Å². The van der Waals surface area contributed by atoms with Crippen molar-refractivity contribution in [3.05, 3.63) is 42.0 Å². The highest BCUT2D eigenvalue weighted by Gasteiger charge is 2.45. The van der Waals surface area contributed by atoms with Gasteiger partial charge < -0.3 is 4.23 Å². The smallest absolute Gasteiger partial charge is 0.121 e. The number of benzene rings is 1. The Morgan fingerprint density at radius 1 is 1.05 bits per heavy atom.